The zero-order valence-corrected chi connectivity index (χ0v) is 12.2. The lowest BCUT2D eigenvalue weighted by atomic mass is 10.2. The van der Waals surface area contributed by atoms with E-state index in [1.165, 1.54) is 12.8 Å². The van der Waals surface area contributed by atoms with Gasteiger partial charge in [-0.25, -0.2) is 4.98 Å². The van der Waals surface area contributed by atoms with Gasteiger partial charge in [0.15, 0.2) is 11.5 Å². The highest BCUT2D eigenvalue weighted by Gasteiger charge is 2.28. The SMILES string of the molecule is CC(Nc1ccc2oc(C3CC3)nc2c1)c1cnn(C)c1. The smallest absolute Gasteiger partial charge is 0.198 e. The van der Waals surface area contributed by atoms with E-state index < -0.39 is 0 Å². The molecule has 5 heteroatoms. The average Bonchev–Trinajstić information content (AvgIpc) is 3.09. The summed E-state index contributed by atoms with van der Waals surface area (Å²) >= 11 is 0. The third-order valence-electron chi connectivity index (χ3n) is 3.94. The van der Waals surface area contributed by atoms with E-state index in [0.29, 0.717) is 5.92 Å². The van der Waals surface area contributed by atoms with Crippen molar-refractivity contribution in [3.63, 3.8) is 0 Å². The molecule has 0 spiro atoms. The molecule has 0 amide bonds. The maximum atomic E-state index is 5.79. The minimum atomic E-state index is 0.200. The molecule has 1 saturated carbocycles. The van der Waals surface area contributed by atoms with Gasteiger partial charge in [0.2, 0.25) is 0 Å². The summed E-state index contributed by atoms with van der Waals surface area (Å²) in [5, 5.41) is 7.69. The largest absolute Gasteiger partial charge is 0.440 e. The number of anilines is 1. The highest BCUT2D eigenvalue weighted by atomic mass is 16.3. The van der Waals surface area contributed by atoms with E-state index >= 15 is 0 Å². The van der Waals surface area contributed by atoms with Crippen LogP contribution >= 0.6 is 0 Å². The van der Waals surface area contributed by atoms with Crippen molar-refractivity contribution in [1.29, 1.82) is 0 Å². The second kappa shape index (κ2) is 4.62. The van der Waals surface area contributed by atoms with Gasteiger partial charge in [0.1, 0.15) is 5.52 Å². The third-order valence-corrected chi connectivity index (χ3v) is 3.94. The number of rotatable bonds is 4. The molecule has 0 bridgehead atoms. The van der Waals surface area contributed by atoms with Crippen molar-refractivity contribution in [3.8, 4) is 0 Å². The van der Waals surface area contributed by atoms with Crippen molar-refractivity contribution < 1.29 is 4.42 Å². The Morgan fingerprint density at radius 1 is 1.38 bits per heavy atom. The van der Waals surface area contributed by atoms with Gasteiger partial charge in [-0.15, -0.1) is 0 Å². The normalized spacial score (nSPS) is 16.3. The molecule has 1 aromatic carbocycles. The van der Waals surface area contributed by atoms with E-state index in [0.717, 1.165) is 28.2 Å². The van der Waals surface area contributed by atoms with Gasteiger partial charge >= 0.3 is 0 Å². The molecule has 1 fully saturated rings. The first kappa shape index (κ1) is 12.4. The van der Waals surface area contributed by atoms with Crippen LogP contribution in [0.2, 0.25) is 0 Å². The molecule has 21 heavy (non-hydrogen) atoms. The molecule has 0 radical (unpaired) electrons. The number of nitrogens with zero attached hydrogens (tertiary/aromatic N) is 3. The summed E-state index contributed by atoms with van der Waals surface area (Å²) in [6.45, 7) is 2.12. The van der Waals surface area contributed by atoms with Crippen molar-refractivity contribution in [1.82, 2.24) is 14.8 Å². The quantitative estimate of drug-likeness (QED) is 0.794. The van der Waals surface area contributed by atoms with Crippen LogP contribution in [-0.2, 0) is 7.05 Å². The standard InChI is InChI=1S/C16H18N4O/c1-10(12-8-17-20(2)9-12)18-13-5-6-15-14(7-13)19-16(21-15)11-3-4-11/h5-11,18H,3-4H2,1-2H3. The summed E-state index contributed by atoms with van der Waals surface area (Å²) in [7, 11) is 1.93. The molecular formula is C16H18N4O. The lowest BCUT2D eigenvalue weighted by Gasteiger charge is -2.13. The molecule has 1 aliphatic carbocycles. The second-order valence-corrected chi connectivity index (χ2v) is 5.82. The van der Waals surface area contributed by atoms with E-state index in [1.807, 2.05) is 36.3 Å². The number of hydrogen-bond acceptors (Lipinski definition) is 4. The predicted molar refractivity (Wildman–Crippen MR) is 81.2 cm³/mol. The maximum Gasteiger partial charge on any atom is 0.198 e. The monoisotopic (exact) mass is 282 g/mol. The van der Waals surface area contributed by atoms with Gasteiger partial charge in [0, 0.05) is 30.4 Å². The van der Waals surface area contributed by atoms with Gasteiger partial charge in [-0.3, -0.25) is 4.68 Å². The molecule has 1 aliphatic rings. The average molecular weight is 282 g/mol. The number of aryl methyl sites for hydroxylation is 1. The van der Waals surface area contributed by atoms with Crippen LogP contribution in [0.3, 0.4) is 0 Å². The van der Waals surface area contributed by atoms with Crippen LogP contribution < -0.4 is 5.32 Å². The Balaban J connectivity index is 1.58. The van der Waals surface area contributed by atoms with Gasteiger partial charge in [0.05, 0.1) is 12.2 Å². The Morgan fingerprint density at radius 3 is 2.95 bits per heavy atom. The topological polar surface area (TPSA) is 55.9 Å². The fraction of sp³-hybridized carbons (Fsp3) is 0.375. The summed E-state index contributed by atoms with van der Waals surface area (Å²) in [5.74, 6) is 1.44. The van der Waals surface area contributed by atoms with Gasteiger partial charge in [-0.1, -0.05) is 0 Å². The molecule has 4 rings (SSSR count). The van der Waals surface area contributed by atoms with Crippen LogP contribution in [0, 0.1) is 0 Å². The highest BCUT2D eigenvalue weighted by molar-refractivity contribution is 5.77. The Labute approximate surface area is 123 Å². The van der Waals surface area contributed by atoms with Gasteiger partial charge < -0.3 is 9.73 Å². The summed E-state index contributed by atoms with van der Waals surface area (Å²) in [6, 6.07) is 6.28. The molecule has 0 saturated heterocycles. The van der Waals surface area contributed by atoms with Crippen LogP contribution in [0.5, 0.6) is 0 Å². The molecule has 1 N–H and O–H groups in total. The number of fused-ring (bicyclic) bond motifs is 1. The molecule has 3 aromatic rings. The van der Waals surface area contributed by atoms with Crippen LogP contribution in [0.4, 0.5) is 5.69 Å². The van der Waals surface area contributed by atoms with Crippen LogP contribution in [-0.4, -0.2) is 14.8 Å². The lowest BCUT2D eigenvalue weighted by molar-refractivity contribution is 0.533. The Bertz CT molecular complexity index is 785. The molecular weight excluding hydrogens is 264 g/mol. The van der Waals surface area contributed by atoms with Gasteiger partial charge in [-0.05, 0) is 38.0 Å². The second-order valence-electron chi connectivity index (χ2n) is 5.82. The summed E-state index contributed by atoms with van der Waals surface area (Å²) in [6.07, 6.45) is 6.32. The fourth-order valence-corrected chi connectivity index (χ4v) is 2.54. The number of oxazole rings is 1. The van der Waals surface area contributed by atoms with Crippen molar-refractivity contribution in [2.75, 3.05) is 5.32 Å². The minimum absolute atomic E-state index is 0.200. The van der Waals surface area contributed by atoms with E-state index in [4.69, 9.17) is 4.42 Å². The molecule has 0 aliphatic heterocycles. The van der Waals surface area contributed by atoms with Crippen LogP contribution in [0.25, 0.3) is 11.1 Å². The van der Waals surface area contributed by atoms with Crippen LogP contribution in [0.1, 0.15) is 43.2 Å². The lowest BCUT2D eigenvalue weighted by Crippen LogP contribution is -2.05. The first-order valence-electron chi connectivity index (χ1n) is 7.34. The molecule has 2 heterocycles. The van der Waals surface area contributed by atoms with E-state index in [9.17, 15) is 0 Å². The number of nitrogens with one attached hydrogen (secondary N) is 1. The van der Waals surface area contributed by atoms with Crippen LogP contribution in [0.15, 0.2) is 35.0 Å². The molecule has 1 unspecified atom stereocenters. The first-order chi connectivity index (χ1) is 10.2. The maximum absolute atomic E-state index is 5.79. The Kier molecular flexibility index (Phi) is 2.74. The minimum Gasteiger partial charge on any atom is -0.440 e. The predicted octanol–water partition coefficient (Wildman–Crippen LogP) is 3.61. The van der Waals surface area contributed by atoms with Crippen molar-refractivity contribution >= 4 is 16.8 Å². The Morgan fingerprint density at radius 2 is 2.24 bits per heavy atom. The number of benzene rings is 1. The van der Waals surface area contributed by atoms with Crippen molar-refractivity contribution in [3.05, 3.63) is 42.0 Å². The number of hydrogen-bond donors (Lipinski definition) is 1. The molecule has 108 valence electrons. The van der Waals surface area contributed by atoms with E-state index in [-0.39, 0.29) is 6.04 Å². The number of aromatic nitrogens is 3. The molecule has 2 aromatic heterocycles. The fourth-order valence-electron chi connectivity index (χ4n) is 2.54. The van der Waals surface area contributed by atoms with Gasteiger partial charge in [-0.2, -0.15) is 5.10 Å². The third kappa shape index (κ3) is 2.39. The van der Waals surface area contributed by atoms with E-state index in [1.54, 1.807) is 0 Å². The zero-order chi connectivity index (χ0) is 14.4. The van der Waals surface area contributed by atoms with Crippen molar-refractivity contribution in [2.45, 2.75) is 31.7 Å². The Hall–Kier alpha value is -2.30. The summed E-state index contributed by atoms with van der Waals surface area (Å²) in [4.78, 5) is 4.60. The van der Waals surface area contributed by atoms with Gasteiger partial charge in [0.25, 0.3) is 0 Å². The first-order valence-corrected chi connectivity index (χ1v) is 7.34. The summed E-state index contributed by atoms with van der Waals surface area (Å²) < 4.78 is 7.60. The molecule has 5 nitrogen and oxygen atoms in total. The summed E-state index contributed by atoms with van der Waals surface area (Å²) in [5.41, 5.74) is 4.02. The van der Waals surface area contributed by atoms with Crippen molar-refractivity contribution in [2.24, 2.45) is 7.05 Å². The molecule has 1 atom stereocenters. The zero-order valence-electron chi connectivity index (χ0n) is 12.2. The van der Waals surface area contributed by atoms with E-state index in [2.05, 4.69) is 28.4 Å². The highest BCUT2D eigenvalue weighted by Crippen LogP contribution is 2.40.